The van der Waals surface area contributed by atoms with Gasteiger partial charge in [0.1, 0.15) is 12.0 Å². The second-order valence-corrected chi connectivity index (χ2v) is 12.0. The standard InChI is InChI=1S/C29H25ClN2O8S/c1-16-8-14-19(15-9-16)41(37,38)32-23(17-10-12-18(30)13-11-17)22(28(35)39-2)24(25(32)29(36)40-3)31-26(33)20-6-4-5-7-21(20)27(31)34/h4-15,22-25H,1-3H3/t22-,23+,24+,25+/m1/s1. The number of sulfonamides is 1. The number of imide groups is 1. The number of esters is 2. The molecule has 0 radical (unpaired) electrons. The number of carbonyl (C=O) groups is 4. The maximum atomic E-state index is 14.4. The van der Waals surface area contributed by atoms with Crippen molar-refractivity contribution in [2.75, 3.05) is 14.2 Å². The minimum absolute atomic E-state index is 0.0626. The second kappa shape index (κ2) is 10.7. The number of amides is 2. The summed E-state index contributed by atoms with van der Waals surface area (Å²) in [6, 6.07) is 13.2. The lowest BCUT2D eigenvalue weighted by Gasteiger charge is -2.31. The van der Waals surface area contributed by atoms with Gasteiger partial charge in [0.15, 0.2) is 0 Å². The summed E-state index contributed by atoms with van der Waals surface area (Å²) in [5.74, 6) is -5.05. The molecule has 0 spiro atoms. The molecule has 0 saturated carbocycles. The van der Waals surface area contributed by atoms with Crippen LogP contribution in [0.1, 0.15) is 37.9 Å². The lowest BCUT2D eigenvalue weighted by Crippen LogP contribution is -2.55. The normalized spacial score (nSPS) is 22.5. The Balaban J connectivity index is 1.80. The second-order valence-electron chi connectivity index (χ2n) is 9.68. The molecule has 1 saturated heterocycles. The highest BCUT2D eigenvalue weighted by Crippen LogP contribution is 2.49. The molecule has 5 rings (SSSR count). The van der Waals surface area contributed by atoms with Crippen LogP contribution in [-0.2, 0) is 29.1 Å². The molecule has 2 heterocycles. The molecule has 0 N–H and O–H groups in total. The quantitative estimate of drug-likeness (QED) is 0.313. The van der Waals surface area contributed by atoms with Crippen molar-refractivity contribution in [3.05, 3.63) is 100 Å². The van der Waals surface area contributed by atoms with Gasteiger partial charge in [-0.05, 0) is 48.9 Å². The SMILES string of the molecule is COC(=O)[C@H]1[C@H](N2C(=O)c3ccccc3C2=O)[C@@H](C(=O)OC)N(S(=O)(=O)c2ccc(C)cc2)[C@H]1c1ccc(Cl)cc1. The van der Waals surface area contributed by atoms with Crippen molar-refractivity contribution >= 4 is 45.4 Å². The largest absolute Gasteiger partial charge is 0.469 e. The average molecular weight is 597 g/mol. The van der Waals surface area contributed by atoms with Crippen molar-refractivity contribution in [3.8, 4) is 0 Å². The van der Waals surface area contributed by atoms with Crippen LogP contribution >= 0.6 is 11.6 Å². The average Bonchev–Trinajstić information content (AvgIpc) is 3.45. The van der Waals surface area contributed by atoms with E-state index in [4.69, 9.17) is 21.1 Å². The highest BCUT2D eigenvalue weighted by molar-refractivity contribution is 7.89. The van der Waals surface area contributed by atoms with Crippen LogP contribution in [0.5, 0.6) is 0 Å². The summed E-state index contributed by atoms with van der Waals surface area (Å²) in [5, 5.41) is 0.343. The minimum Gasteiger partial charge on any atom is -0.469 e. The topological polar surface area (TPSA) is 127 Å². The Morgan fingerprint density at radius 2 is 1.34 bits per heavy atom. The van der Waals surface area contributed by atoms with Gasteiger partial charge in [-0.15, -0.1) is 0 Å². The van der Waals surface area contributed by atoms with Crippen molar-refractivity contribution in [1.29, 1.82) is 0 Å². The van der Waals surface area contributed by atoms with Crippen LogP contribution in [0.4, 0.5) is 0 Å². The molecule has 2 aliphatic heterocycles. The summed E-state index contributed by atoms with van der Waals surface area (Å²) in [4.78, 5) is 55.1. The van der Waals surface area contributed by atoms with Gasteiger partial charge in [0.25, 0.3) is 11.8 Å². The molecule has 10 nitrogen and oxygen atoms in total. The number of benzene rings is 3. The van der Waals surface area contributed by atoms with E-state index in [1.54, 1.807) is 31.2 Å². The zero-order chi connectivity index (χ0) is 29.6. The van der Waals surface area contributed by atoms with E-state index in [2.05, 4.69) is 0 Å². The zero-order valence-electron chi connectivity index (χ0n) is 22.2. The third-order valence-corrected chi connectivity index (χ3v) is 9.56. The molecule has 2 amide bonds. The highest BCUT2D eigenvalue weighted by atomic mass is 35.5. The molecule has 1 fully saturated rings. The van der Waals surface area contributed by atoms with E-state index in [0.29, 0.717) is 5.02 Å². The third-order valence-electron chi connectivity index (χ3n) is 7.43. The lowest BCUT2D eigenvalue weighted by molar-refractivity contribution is -0.148. The molecule has 0 bridgehead atoms. The predicted molar refractivity (Wildman–Crippen MR) is 146 cm³/mol. The van der Waals surface area contributed by atoms with E-state index in [0.717, 1.165) is 29.0 Å². The molecule has 2 aliphatic rings. The molecule has 3 aromatic carbocycles. The van der Waals surface area contributed by atoms with Crippen molar-refractivity contribution in [3.63, 3.8) is 0 Å². The van der Waals surface area contributed by atoms with E-state index < -0.39 is 57.8 Å². The fraction of sp³-hybridized carbons (Fsp3) is 0.241. The van der Waals surface area contributed by atoms with Gasteiger partial charge in [0.2, 0.25) is 10.0 Å². The molecule has 212 valence electrons. The van der Waals surface area contributed by atoms with Gasteiger partial charge in [-0.25, -0.2) is 8.42 Å². The lowest BCUT2D eigenvalue weighted by atomic mass is 9.88. The minimum atomic E-state index is -4.56. The summed E-state index contributed by atoms with van der Waals surface area (Å²) in [7, 11) is -2.41. The van der Waals surface area contributed by atoms with Crippen LogP contribution in [0.3, 0.4) is 0 Å². The number of halogens is 1. The van der Waals surface area contributed by atoms with Crippen LogP contribution in [0.2, 0.25) is 5.02 Å². The smallest absolute Gasteiger partial charge is 0.326 e. The van der Waals surface area contributed by atoms with E-state index in [1.807, 2.05) is 0 Å². The molecule has 41 heavy (non-hydrogen) atoms. The van der Waals surface area contributed by atoms with E-state index >= 15 is 0 Å². The van der Waals surface area contributed by atoms with Crippen molar-refractivity contribution in [1.82, 2.24) is 9.21 Å². The van der Waals surface area contributed by atoms with Crippen molar-refractivity contribution in [2.24, 2.45) is 5.92 Å². The van der Waals surface area contributed by atoms with E-state index in [1.165, 1.54) is 48.5 Å². The Kier molecular flexibility index (Phi) is 7.45. The Labute approximate surface area is 241 Å². The molecule has 4 atom stereocenters. The summed E-state index contributed by atoms with van der Waals surface area (Å²) in [5.41, 5.74) is 1.20. The van der Waals surface area contributed by atoms with Crippen LogP contribution in [0, 0.1) is 12.8 Å². The van der Waals surface area contributed by atoms with Crippen LogP contribution in [0.25, 0.3) is 0 Å². The Bertz CT molecular complexity index is 1620. The summed E-state index contributed by atoms with van der Waals surface area (Å²) >= 11 is 6.11. The number of hydrogen-bond donors (Lipinski definition) is 0. The molecule has 0 aromatic heterocycles. The Morgan fingerprint density at radius 3 is 1.85 bits per heavy atom. The number of hydrogen-bond acceptors (Lipinski definition) is 8. The summed E-state index contributed by atoms with van der Waals surface area (Å²) in [6.07, 6.45) is 0. The van der Waals surface area contributed by atoms with Gasteiger partial charge in [-0.1, -0.05) is 53.6 Å². The number of methoxy groups -OCH3 is 2. The van der Waals surface area contributed by atoms with E-state index in [-0.39, 0.29) is 21.6 Å². The van der Waals surface area contributed by atoms with Crippen LogP contribution in [-0.4, -0.2) is 67.7 Å². The van der Waals surface area contributed by atoms with Crippen molar-refractivity contribution < 1.29 is 37.1 Å². The number of ether oxygens (including phenoxy) is 2. The zero-order valence-corrected chi connectivity index (χ0v) is 23.8. The van der Waals surface area contributed by atoms with Gasteiger partial charge >= 0.3 is 11.9 Å². The fourth-order valence-corrected chi connectivity index (χ4v) is 7.47. The first-order valence-corrected chi connectivity index (χ1v) is 14.3. The Hall–Kier alpha value is -4.06. The molecular weight excluding hydrogens is 572 g/mol. The van der Waals surface area contributed by atoms with Crippen LogP contribution in [0.15, 0.2) is 77.7 Å². The van der Waals surface area contributed by atoms with Gasteiger partial charge in [-0.3, -0.25) is 24.1 Å². The number of rotatable bonds is 6. The molecular formula is C29H25ClN2O8S. The fourth-order valence-electron chi connectivity index (χ4n) is 5.56. The molecule has 12 heteroatoms. The first-order valence-electron chi connectivity index (χ1n) is 12.5. The van der Waals surface area contributed by atoms with Crippen molar-refractivity contribution in [2.45, 2.75) is 29.9 Å². The first kappa shape index (κ1) is 28.5. The summed E-state index contributed by atoms with van der Waals surface area (Å²) < 4.78 is 39.8. The maximum absolute atomic E-state index is 14.4. The monoisotopic (exact) mass is 596 g/mol. The van der Waals surface area contributed by atoms with Gasteiger partial charge in [0.05, 0.1) is 42.3 Å². The van der Waals surface area contributed by atoms with Gasteiger partial charge in [-0.2, -0.15) is 4.31 Å². The molecule has 0 aliphatic carbocycles. The predicted octanol–water partition coefficient (Wildman–Crippen LogP) is 3.39. The highest BCUT2D eigenvalue weighted by Gasteiger charge is 2.65. The third kappa shape index (κ3) is 4.59. The van der Waals surface area contributed by atoms with Gasteiger partial charge in [0, 0.05) is 5.02 Å². The molecule has 0 unspecified atom stereocenters. The van der Waals surface area contributed by atoms with Crippen LogP contribution < -0.4 is 0 Å². The Morgan fingerprint density at radius 1 is 0.805 bits per heavy atom. The van der Waals surface area contributed by atoms with E-state index in [9.17, 15) is 27.6 Å². The first-order chi connectivity index (χ1) is 19.5. The maximum Gasteiger partial charge on any atom is 0.326 e. The molecule has 3 aromatic rings. The number of fused-ring (bicyclic) bond motifs is 1. The summed E-state index contributed by atoms with van der Waals surface area (Å²) in [6.45, 7) is 1.78. The number of carbonyl (C=O) groups excluding carboxylic acids is 4. The number of nitrogens with zero attached hydrogens (tertiary/aromatic N) is 2. The number of aryl methyl sites for hydroxylation is 1. The van der Waals surface area contributed by atoms with Gasteiger partial charge < -0.3 is 9.47 Å².